The number of amides is 1. The van der Waals surface area contributed by atoms with Crippen LogP contribution in [0.25, 0.3) is 11.0 Å². The minimum Gasteiger partial charge on any atom is -0.463 e. The van der Waals surface area contributed by atoms with Crippen molar-refractivity contribution in [1.82, 2.24) is 10.3 Å². The molecule has 6 nitrogen and oxygen atoms in total. The normalized spacial score (nSPS) is 16.0. The van der Waals surface area contributed by atoms with Crippen molar-refractivity contribution in [3.8, 4) is 0 Å². The van der Waals surface area contributed by atoms with Crippen molar-refractivity contribution >= 4 is 34.9 Å². The zero-order valence-electron chi connectivity index (χ0n) is 12.5. The zero-order valence-corrected chi connectivity index (χ0v) is 13.3. The molecule has 1 N–H and O–H groups in total. The summed E-state index contributed by atoms with van der Waals surface area (Å²) in [6, 6.07) is 7.01. The molecule has 7 heteroatoms. The number of carbonyl (C=O) groups is 1. The van der Waals surface area contributed by atoms with Crippen LogP contribution in [0.5, 0.6) is 0 Å². The third-order valence-electron chi connectivity index (χ3n) is 3.57. The van der Waals surface area contributed by atoms with Gasteiger partial charge in [-0.25, -0.2) is 5.43 Å². The van der Waals surface area contributed by atoms with Gasteiger partial charge in [-0.2, -0.15) is 16.9 Å². The molecule has 3 rings (SSSR count). The van der Waals surface area contributed by atoms with Gasteiger partial charge in [0.15, 0.2) is 0 Å². The number of hydrogen-bond acceptors (Lipinski definition) is 6. The Kier molecular flexibility index (Phi) is 5.09. The Morgan fingerprint density at radius 1 is 1.35 bits per heavy atom. The largest absolute Gasteiger partial charge is 0.463 e. The Hall–Kier alpha value is -2.12. The van der Waals surface area contributed by atoms with Crippen molar-refractivity contribution in [2.24, 2.45) is 5.10 Å². The van der Waals surface area contributed by atoms with Crippen LogP contribution in [0.4, 0.5) is 0 Å². The number of benzene rings is 1. The lowest BCUT2D eigenvalue weighted by Crippen LogP contribution is -2.40. The molecule has 23 heavy (non-hydrogen) atoms. The molecule has 1 aromatic carbocycles. The van der Waals surface area contributed by atoms with Crippen molar-refractivity contribution < 1.29 is 9.21 Å². The quantitative estimate of drug-likeness (QED) is 0.675. The Bertz CT molecular complexity index is 781. The predicted molar refractivity (Wildman–Crippen MR) is 92.0 cm³/mol. The van der Waals surface area contributed by atoms with E-state index in [4.69, 9.17) is 4.42 Å². The second-order valence-electron chi connectivity index (χ2n) is 5.20. The van der Waals surface area contributed by atoms with Gasteiger partial charge >= 0.3 is 0 Å². The lowest BCUT2D eigenvalue weighted by molar-refractivity contribution is -0.122. The molecular formula is C16H17N3O3S. The van der Waals surface area contributed by atoms with Crippen LogP contribution in [0.3, 0.4) is 0 Å². The number of thioether (sulfide) groups is 1. The Labute approximate surface area is 137 Å². The molecule has 0 radical (unpaired) electrons. The molecule has 1 fully saturated rings. The van der Waals surface area contributed by atoms with Crippen molar-refractivity contribution in [1.29, 1.82) is 0 Å². The maximum atomic E-state index is 12.2. The van der Waals surface area contributed by atoms with Gasteiger partial charge in [0.25, 0.3) is 5.91 Å². The smallest absolute Gasteiger partial charge is 0.254 e. The number of fused-ring (bicyclic) bond motifs is 1. The fraction of sp³-hybridized carbons (Fsp3) is 0.312. The lowest BCUT2D eigenvalue weighted by Gasteiger charge is -2.24. The van der Waals surface area contributed by atoms with Gasteiger partial charge in [0, 0.05) is 24.6 Å². The summed E-state index contributed by atoms with van der Waals surface area (Å²) in [5, 5.41) is 4.35. The molecule has 1 aliphatic heterocycles. The highest BCUT2D eigenvalue weighted by Crippen LogP contribution is 2.09. The van der Waals surface area contributed by atoms with Crippen LogP contribution < -0.4 is 10.9 Å². The third-order valence-corrected chi connectivity index (χ3v) is 4.51. The monoisotopic (exact) mass is 331 g/mol. The summed E-state index contributed by atoms with van der Waals surface area (Å²) in [6.07, 6.45) is 2.67. The first-order valence-corrected chi connectivity index (χ1v) is 8.52. The average Bonchev–Trinajstić information content (AvgIpc) is 2.58. The SMILES string of the molecule is O=C(CN1CCSCC1)N/N=C\c1coc2ccccc2c1=O. The summed E-state index contributed by atoms with van der Waals surface area (Å²) >= 11 is 1.90. The number of nitrogens with zero attached hydrogens (tertiary/aromatic N) is 2. The molecule has 120 valence electrons. The van der Waals surface area contributed by atoms with Gasteiger partial charge in [-0.1, -0.05) is 12.1 Å². The van der Waals surface area contributed by atoms with E-state index >= 15 is 0 Å². The maximum Gasteiger partial charge on any atom is 0.254 e. The van der Waals surface area contributed by atoms with Crippen LogP contribution in [-0.2, 0) is 4.79 Å². The standard InChI is InChI=1S/C16H17N3O3S/c20-15(10-19-5-7-23-8-6-19)18-17-9-12-11-22-14-4-2-1-3-13(14)16(12)21/h1-4,9,11H,5-8,10H2,(H,18,20)/b17-9-. The summed E-state index contributed by atoms with van der Waals surface area (Å²) in [7, 11) is 0. The fourth-order valence-corrected chi connectivity index (χ4v) is 3.33. The first-order chi connectivity index (χ1) is 11.2. The molecule has 0 saturated carbocycles. The van der Waals surface area contributed by atoms with Gasteiger partial charge in [0.1, 0.15) is 11.8 Å². The summed E-state index contributed by atoms with van der Waals surface area (Å²) in [5.74, 6) is 1.92. The van der Waals surface area contributed by atoms with Gasteiger partial charge in [-0.15, -0.1) is 0 Å². The lowest BCUT2D eigenvalue weighted by atomic mass is 10.2. The van der Waals surface area contributed by atoms with Crippen LogP contribution in [0.15, 0.2) is 44.8 Å². The van der Waals surface area contributed by atoms with Gasteiger partial charge in [0.05, 0.1) is 23.7 Å². The fourth-order valence-electron chi connectivity index (χ4n) is 2.35. The molecule has 1 saturated heterocycles. The van der Waals surface area contributed by atoms with Gasteiger partial charge < -0.3 is 4.42 Å². The van der Waals surface area contributed by atoms with Crippen molar-refractivity contribution in [2.75, 3.05) is 31.1 Å². The van der Waals surface area contributed by atoms with Crippen LogP contribution in [-0.4, -0.2) is 48.2 Å². The highest BCUT2D eigenvalue weighted by Gasteiger charge is 2.13. The van der Waals surface area contributed by atoms with Gasteiger partial charge in [-0.3, -0.25) is 14.5 Å². The van der Waals surface area contributed by atoms with Crippen molar-refractivity contribution in [2.45, 2.75) is 0 Å². The molecule has 0 spiro atoms. The van der Waals surface area contributed by atoms with E-state index in [1.54, 1.807) is 24.3 Å². The Balaban J connectivity index is 1.62. The van der Waals surface area contributed by atoms with Crippen LogP contribution in [0, 0.1) is 0 Å². The average molecular weight is 331 g/mol. The number of hydrogen-bond donors (Lipinski definition) is 1. The van der Waals surface area contributed by atoms with Gasteiger partial charge in [0.2, 0.25) is 5.43 Å². The maximum absolute atomic E-state index is 12.2. The number of rotatable bonds is 4. The topological polar surface area (TPSA) is 74.9 Å². The molecule has 1 amide bonds. The number of carbonyl (C=O) groups excluding carboxylic acids is 1. The molecular weight excluding hydrogens is 314 g/mol. The minimum absolute atomic E-state index is 0.169. The van der Waals surface area contributed by atoms with Crippen LogP contribution >= 0.6 is 11.8 Å². The molecule has 0 unspecified atom stereocenters. The van der Waals surface area contributed by atoms with E-state index in [9.17, 15) is 9.59 Å². The first kappa shape index (κ1) is 15.8. The number of hydrazone groups is 1. The molecule has 0 bridgehead atoms. The van der Waals surface area contributed by atoms with E-state index in [2.05, 4.69) is 15.4 Å². The highest BCUT2D eigenvalue weighted by molar-refractivity contribution is 7.99. The Morgan fingerprint density at radius 3 is 2.96 bits per heavy atom. The molecule has 0 aliphatic carbocycles. The van der Waals surface area contributed by atoms with E-state index in [0.29, 0.717) is 23.1 Å². The second kappa shape index (κ2) is 7.43. The van der Waals surface area contributed by atoms with E-state index in [0.717, 1.165) is 24.6 Å². The second-order valence-corrected chi connectivity index (χ2v) is 6.42. The van der Waals surface area contributed by atoms with E-state index < -0.39 is 0 Å². The van der Waals surface area contributed by atoms with E-state index in [-0.39, 0.29) is 11.3 Å². The molecule has 2 heterocycles. The summed E-state index contributed by atoms with van der Waals surface area (Å²) < 4.78 is 5.39. The first-order valence-electron chi connectivity index (χ1n) is 7.36. The minimum atomic E-state index is -0.182. The van der Waals surface area contributed by atoms with Crippen molar-refractivity contribution in [3.05, 3.63) is 46.3 Å². The number of para-hydroxylation sites is 1. The van der Waals surface area contributed by atoms with Crippen LogP contribution in [0.1, 0.15) is 5.56 Å². The Morgan fingerprint density at radius 2 is 2.13 bits per heavy atom. The predicted octanol–water partition coefficient (Wildman–Crippen LogP) is 1.29. The van der Waals surface area contributed by atoms with Crippen LogP contribution in [0.2, 0.25) is 0 Å². The summed E-state index contributed by atoms with van der Waals surface area (Å²) in [6.45, 7) is 2.15. The molecule has 2 aromatic rings. The zero-order chi connectivity index (χ0) is 16.1. The summed E-state index contributed by atoms with van der Waals surface area (Å²) in [4.78, 5) is 26.2. The van der Waals surface area contributed by atoms with Gasteiger partial charge in [-0.05, 0) is 12.1 Å². The van der Waals surface area contributed by atoms with E-state index in [1.165, 1.54) is 12.5 Å². The molecule has 1 aliphatic rings. The molecule has 1 aromatic heterocycles. The third kappa shape index (κ3) is 4.00. The number of nitrogens with one attached hydrogen (secondary N) is 1. The summed E-state index contributed by atoms with van der Waals surface area (Å²) in [5.41, 5.74) is 3.12. The van der Waals surface area contributed by atoms with E-state index in [1.807, 2.05) is 11.8 Å². The van der Waals surface area contributed by atoms with Crippen molar-refractivity contribution in [3.63, 3.8) is 0 Å². The highest BCUT2D eigenvalue weighted by atomic mass is 32.2. The molecule has 0 atom stereocenters.